The van der Waals surface area contributed by atoms with E-state index in [1.807, 2.05) is 12.1 Å². The molecular weight excluding hydrogens is 262 g/mol. The third-order valence-electron chi connectivity index (χ3n) is 5.09. The maximum Gasteiger partial charge on any atom is 0.172 e. The predicted molar refractivity (Wildman–Crippen MR) is 86.0 cm³/mol. The van der Waals surface area contributed by atoms with Crippen molar-refractivity contribution in [2.75, 3.05) is 11.4 Å². The van der Waals surface area contributed by atoms with Crippen LogP contribution in [0.4, 0.5) is 5.69 Å². The fourth-order valence-electron chi connectivity index (χ4n) is 4.07. The lowest BCUT2D eigenvalue weighted by molar-refractivity contribution is 0.243. The molecular formula is C17H25N3O. The molecule has 3 rings (SSSR count). The molecule has 1 aromatic carbocycles. The van der Waals surface area contributed by atoms with Gasteiger partial charge in [-0.3, -0.25) is 0 Å². The maximum absolute atomic E-state index is 9.06. The second-order valence-electron chi connectivity index (χ2n) is 6.45. The Balaban J connectivity index is 1.99. The lowest BCUT2D eigenvalue weighted by Crippen LogP contribution is -2.47. The highest BCUT2D eigenvalue weighted by molar-refractivity contribution is 6.02. The minimum atomic E-state index is 0.211. The van der Waals surface area contributed by atoms with Gasteiger partial charge in [-0.15, -0.1) is 0 Å². The molecule has 21 heavy (non-hydrogen) atoms. The smallest absolute Gasteiger partial charge is 0.172 e. The Labute approximate surface area is 126 Å². The number of hydrogen-bond donors (Lipinski definition) is 2. The standard InChI is InChI=1S/C17H25N3O/c1-12-8-9-14(17(18)19-21)16(11-12)20-10-4-6-13-5-2-3-7-15(13)20/h8-9,11,13,15,21H,2-7,10H2,1H3,(H2,18,19)/t13-,15-/m1/s1. The van der Waals surface area contributed by atoms with Gasteiger partial charge in [0.1, 0.15) is 0 Å². The molecule has 4 heteroatoms. The average molecular weight is 287 g/mol. The number of hydrogen-bond acceptors (Lipinski definition) is 3. The molecule has 0 bridgehead atoms. The second kappa shape index (κ2) is 5.96. The van der Waals surface area contributed by atoms with Gasteiger partial charge in [-0.25, -0.2) is 0 Å². The van der Waals surface area contributed by atoms with E-state index in [-0.39, 0.29) is 5.84 Å². The number of rotatable bonds is 2. The van der Waals surface area contributed by atoms with Crippen LogP contribution < -0.4 is 10.6 Å². The Morgan fingerprint density at radius 1 is 1.24 bits per heavy atom. The molecule has 2 fully saturated rings. The zero-order valence-corrected chi connectivity index (χ0v) is 12.8. The molecule has 114 valence electrons. The van der Waals surface area contributed by atoms with Crippen molar-refractivity contribution in [3.8, 4) is 0 Å². The summed E-state index contributed by atoms with van der Waals surface area (Å²) in [5.41, 5.74) is 9.11. The van der Waals surface area contributed by atoms with E-state index >= 15 is 0 Å². The van der Waals surface area contributed by atoms with Crippen LogP contribution in [-0.4, -0.2) is 23.6 Å². The van der Waals surface area contributed by atoms with E-state index in [1.54, 1.807) is 0 Å². The van der Waals surface area contributed by atoms with E-state index in [4.69, 9.17) is 10.9 Å². The van der Waals surface area contributed by atoms with E-state index in [9.17, 15) is 0 Å². The van der Waals surface area contributed by atoms with Crippen LogP contribution >= 0.6 is 0 Å². The van der Waals surface area contributed by atoms with Gasteiger partial charge in [0.15, 0.2) is 5.84 Å². The Kier molecular flexibility index (Phi) is 4.04. The van der Waals surface area contributed by atoms with Crippen LogP contribution in [0.2, 0.25) is 0 Å². The molecule has 0 radical (unpaired) electrons. The summed E-state index contributed by atoms with van der Waals surface area (Å²) >= 11 is 0. The summed E-state index contributed by atoms with van der Waals surface area (Å²) in [5.74, 6) is 1.02. The Bertz CT molecular complexity index is 539. The number of fused-ring (bicyclic) bond motifs is 1. The minimum Gasteiger partial charge on any atom is -0.409 e. The van der Waals surface area contributed by atoms with Gasteiger partial charge in [-0.2, -0.15) is 0 Å². The van der Waals surface area contributed by atoms with Gasteiger partial charge in [0.25, 0.3) is 0 Å². The van der Waals surface area contributed by atoms with Crippen LogP contribution in [0.1, 0.15) is 49.7 Å². The largest absolute Gasteiger partial charge is 0.409 e. The number of oxime groups is 1. The number of anilines is 1. The molecule has 2 atom stereocenters. The topological polar surface area (TPSA) is 61.9 Å². The van der Waals surface area contributed by atoms with Crippen LogP contribution in [0, 0.1) is 12.8 Å². The minimum absolute atomic E-state index is 0.211. The normalized spacial score (nSPS) is 26.5. The van der Waals surface area contributed by atoms with Crippen molar-refractivity contribution < 1.29 is 5.21 Å². The van der Waals surface area contributed by atoms with Crippen LogP contribution in [-0.2, 0) is 0 Å². The van der Waals surface area contributed by atoms with Gasteiger partial charge in [0.05, 0.1) is 0 Å². The first kappa shape index (κ1) is 14.2. The lowest BCUT2D eigenvalue weighted by Gasteiger charge is -2.46. The Hall–Kier alpha value is -1.71. The Morgan fingerprint density at radius 3 is 2.81 bits per heavy atom. The molecule has 1 aliphatic carbocycles. The number of nitrogens with two attached hydrogens (primary N) is 1. The van der Waals surface area contributed by atoms with Crippen molar-refractivity contribution in [2.24, 2.45) is 16.8 Å². The van der Waals surface area contributed by atoms with Crippen LogP contribution in [0.25, 0.3) is 0 Å². The monoisotopic (exact) mass is 287 g/mol. The summed E-state index contributed by atoms with van der Waals surface area (Å²) in [5, 5.41) is 12.3. The summed E-state index contributed by atoms with van der Waals surface area (Å²) in [6, 6.07) is 6.81. The zero-order valence-electron chi connectivity index (χ0n) is 12.8. The van der Waals surface area contributed by atoms with Crippen LogP contribution in [0.15, 0.2) is 23.4 Å². The number of aryl methyl sites for hydroxylation is 1. The van der Waals surface area contributed by atoms with Crippen molar-refractivity contribution >= 4 is 11.5 Å². The van der Waals surface area contributed by atoms with E-state index in [2.05, 4.69) is 23.0 Å². The summed E-state index contributed by atoms with van der Waals surface area (Å²) < 4.78 is 0. The van der Waals surface area contributed by atoms with Gasteiger partial charge in [-0.1, -0.05) is 24.1 Å². The molecule has 1 aromatic rings. The van der Waals surface area contributed by atoms with E-state index in [1.165, 1.54) is 44.1 Å². The van der Waals surface area contributed by atoms with Gasteiger partial charge in [-0.05, 0) is 56.2 Å². The van der Waals surface area contributed by atoms with Crippen molar-refractivity contribution in [1.29, 1.82) is 0 Å². The molecule has 0 unspecified atom stereocenters. The first-order chi connectivity index (χ1) is 10.2. The first-order valence-corrected chi connectivity index (χ1v) is 8.06. The number of amidine groups is 1. The molecule has 1 saturated carbocycles. The van der Waals surface area contributed by atoms with E-state index in [0.29, 0.717) is 6.04 Å². The number of nitrogens with zero attached hydrogens (tertiary/aromatic N) is 2. The van der Waals surface area contributed by atoms with Crippen LogP contribution in [0.5, 0.6) is 0 Å². The van der Waals surface area contributed by atoms with Crippen LogP contribution in [0.3, 0.4) is 0 Å². The van der Waals surface area contributed by atoms with Gasteiger partial charge >= 0.3 is 0 Å². The molecule has 1 heterocycles. The predicted octanol–water partition coefficient (Wildman–Crippen LogP) is 3.25. The third kappa shape index (κ3) is 2.71. The van der Waals surface area contributed by atoms with Crippen molar-refractivity contribution in [3.63, 3.8) is 0 Å². The number of benzene rings is 1. The first-order valence-electron chi connectivity index (χ1n) is 8.06. The van der Waals surface area contributed by atoms with Gasteiger partial charge < -0.3 is 15.8 Å². The molecule has 1 saturated heterocycles. The molecule has 1 aliphatic heterocycles. The fraction of sp³-hybridized carbons (Fsp3) is 0.588. The molecule has 0 aromatic heterocycles. The second-order valence-corrected chi connectivity index (χ2v) is 6.45. The SMILES string of the molecule is Cc1ccc(/C(N)=N/O)c(N2CCC[C@H]3CCCC[C@H]32)c1. The average Bonchev–Trinajstić information content (AvgIpc) is 2.53. The fourth-order valence-corrected chi connectivity index (χ4v) is 4.07. The Morgan fingerprint density at radius 2 is 2.00 bits per heavy atom. The molecule has 0 spiro atoms. The highest BCUT2D eigenvalue weighted by Crippen LogP contribution is 2.39. The van der Waals surface area contributed by atoms with Gasteiger partial charge in [0.2, 0.25) is 0 Å². The molecule has 4 nitrogen and oxygen atoms in total. The summed E-state index contributed by atoms with van der Waals surface area (Å²) in [4.78, 5) is 2.52. The van der Waals surface area contributed by atoms with E-state index < -0.39 is 0 Å². The van der Waals surface area contributed by atoms with Crippen molar-refractivity contribution in [1.82, 2.24) is 0 Å². The summed E-state index contributed by atoms with van der Waals surface area (Å²) in [6.07, 6.45) is 7.91. The van der Waals surface area contributed by atoms with E-state index in [0.717, 1.165) is 23.7 Å². The highest BCUT2D eigenvalue weighted by Gasteiger charge is 2.34. The van der Waals surface area contributed by atoms with Crippen molar-refractivity contribution in [3.05, 3.63) is 29.3 Å². The third-order valence-corrected chi connectivity index (χ3v) is 5.09. The molecule has 0 amide bonds. The molecule has 2 aliphatic rings. The highest BCUT2D eigenvalue weighted by atomic mass is 16.4. The summed E-state index contributed by atoms with van der Waals surface area (Å²) in [6.45, 7) is 3.18. The lowest BCUT2D eigenvalue weighted by atomic mass is 9.78. The van der Waals surface area contributed by atoms with Crippen molar-refractivity contribution in [2.45, 2.75) is 51.5 Å². The number of piperidine rings is 1. The zero-order chi connectivity index (χ0) is 14.8. The maximum atomic E-state index is 9.06. The van der Waals surface area contributed by atoms with Gasteiger partial charge in [0, 0.05) is 23.8 Å². The summed E-state index contributed by atoms with van der Waals surface area (Å²) in [7, 11) is 0. The molecule has 3 N–H and O–H groups in total. The quantitative estimate of drug-likeness (QED) is 0.380.